The van der Waals surface area contributed by atoms with Crippen molar-refractivity contribution in [2.24, 2.45) is 0 Å². The van der Waals surface area contributed by atoms with Crippen LogP contribution in [-0.4, -0.2) is 27.9 Å². The van der Waals surface area contributed by atoms with E-state index < -0.39 is 0 Å². The molecular formula is C21H18FN3O. The molecule has 0 aliphatic carbocycles. The van der Waals surface area contributed by atoms with Crippen LogP contribution in [0.25, 0.3) is 5.65 Å². The number of hydrogen-bond acceptors (Lipinski definition) is 3. The molecule has 2 aromatic heterocycles. The highest BCUT2D eigenvalue weighted by molar-refractivity contribution is 5.50. The van der Waals surface area contributed by atoms with Gasteiger partial charge in [-0.2, -0.15) is 0 Å². The largest absolute Gasteiger partial charge is 0.302 e. The molecule has 0 atom stereocenters. The Hall–Kier alpha value is -2.97. The van der Waals surface area contributed by atoms with Crippen molar-refractivity contribution in [3.63, 3.8) is 0 Å². The first-order chi connectivity index (χ1) is 12.6. The highest BCUT2D eigenvalue weighted by Crippen LogP contribution is 2.14. The molecule has 1 aromatic carbocycles. The Balaban J connectivity index is 1.75. The van der Waals surface area contributed by atoms with Crippen LogP contribution in [0.5, 0.6) is 0 Å². The van der Waals surface area contributed by atoms with Gasteiger partial charge in [0.2, 0.25) is 0 Å². The summed E-state index contributed by atoms with van der Waals surface area (Å²) in [6.07, 6.45) is 3.54. The molecule has 1 aliphatic heterocycles. The number of pyridine rings is 1. The van der Waals surface area contributed by atoms with E-state index >= 15 is 0 Å². The number of halogens is 1. The molecule has 3 heterocycles. The van der Waals surface area contributed by atoms with Gasteiger partial charge in [-0.05, 0) is 62.8 Å². The van der Waals surface area contributed by atoms with Crippen molar-refractivity contribution in [3.05, 3.63) is 81.2 Å². The summed E-state index contributed by atoms with van der Waals surface area (Å²) in [7, 11) is 2.03. The smallest absolute Gasteiger partial charge is 0.262 e. The molecule has 0 fully saturated rings. The first-order valence-electron chi connectivity index (χ1n) is 8.60. The maximum atomic E-state index is 13.0. The van der Waals surface area contributed by atoms with Gasteiger partial charge in [-0.15, -0.1) is 0 Å². The van der Waals surface area contributed by atoms with Gasteiger partial charge < -0.3 is 4.90 Å². The Kier molecular flexibility index (Phi) is 4.27. The summed E-state index contributed by atoms with van der Waals surface area (Å²) in [5.41, 5.74) is 3.80. The summed E-state index contributed by atoms with van der Waals surface area (Å²) in [6, 6.07) is 9.69. The van der Waals surface area contributed by atoms with Gasteiger partial charge in [0.05, 0.1) is 11.3 Å². The highest BCUT2D eigenvalue weighted by atomic mass is 19.1. The van der Waals surface area contributed by atoms with E-state index in [1.54, 1.807) is 28.8 Å². The molecule has 4 nitrogen and oxygen atoms in total. The average molecular weight is 347 g/mol. The van der Waals surface area contributed by atoms with E-state index in [1.807, 2.05) is 13.1 Å². The molecule has 4 rings (SSSR count). The van der Waals surface area contributed by atoms with Crippen molar-refractivity contribution in [3.8, 4) is 11.8 Å². The van der Waals surface area contributed by atoms with Gasteiger partial charge in [0.25, 0.3) is 5.56 Å². The van der Waals surface area contributed by atoms with E-state index in [9.17, 15) is 9.18 Å². The minimum atomic E-state index is -0.281. The van der Waals surface area contributed by atoms with Gasteiger partial charge in [-0.25, -0.2) is 9.37 Å². The van der Waals surface area contributed by atoms with Crippen LogP contribution in [0.2, 0.25) is 0 Å². The van der Waals surface area contributed by atoms with Crippen molar-refractivity contribution in [1.82, 2.24) is 14.3 Å². The first kappa shape index (κ1) is 16.5. The average Bonchev–Trinajstić information content (AvgIpc) is 2.82. The molecule has 0 amide bonds. The van der Waals surface area contributed by atoms with Crippen LogP contribution < -0.4 is 5.56 Å². The normalized spacial score (nSPS) is 14.4. The van der Waals surface area contributed by atoms with E-state index in [4.69, 9.17) is 4.98 Å². The molecule has 0 unspecified atom stereocenters. The van der Waals surface area contributed by atoms with Crippen LogP contribution in [-0.2, 0) is 13.0 Å². The number of nitrogens with zero attached hydrogens (tertiary/aromatic N) is 3. The summed E-state index contributed by atoms with van der Waals surface area (Å²) >= 11 is 0. The van der Waals surface area contributed by atoms with Crippen LogP contribution in [0.1, 0.15) is 28.8 Å². The third-order valence-corrected chi connectivity index (χ3v) is 4.59. The summed E-state index contributed by atoms with van der Waals surface area (Å²) in [5, 5.41) is 0. The Bertz CT molecular complexity index is 1090. The van der Waals surface area contributed by atoms with Gasteiger partial charge in [-0.1, -0.05) is 11.8 Å². The lowest BCUT2D eigenvalue weighted by atomic mass is 10.1. The zero-order chi connectivity index (χ0) is 18.1. The molecule has 0 saturated heterocycles. The Morgan fingerprint density at radius 2 is 1.88 bits per heavy atom. The number of benzene rings is 1. The Labute approximate surface area is 150 Å². The first-order valence-corrected chi connectivity index (χ1v) is 8.60. The SMILES string of the molecule is CN1CCCc2nc3cc(C#Cc4ccc(F)cc4)ccn3c(=O)c2C1. The highest BCUT2D eigenvalue weighted by Gasteiger charge is 2.17. The van der Waals surface area contributed by atoms with Gasteiger partial charge in [0.1, 0.15) is 11.5 Å². The molecule has 3 aromatic rings. The zero-order valence-corrected chi connectivity index (χ0v) is 14.5. The van der Waals surface area contributed by atoms with Gasteiger partial charge >= 0.3 is 0 Å². The zero-order valence-electron chi connectivity index (χ0n) is 14.5. The lowest BCUT2D eigenvalue weighted by Gasteiger charge is -2.13. The molecule has 130 valence electrons. The van der Waals surface area contributed by atoms with E-state index in [0.29, 0.717) is 12.2 Å². The van der Waals surface area contributed by atoms with Crippen molar-refractivity contribution < 1.29 is 4.39 Å². The third kappa shape index (κ3) is 3.24. The quantitative estimate of drug-likeness (QED) is 0.587. The number of aromatic nitrogens is 2. The maximum absolute atomic E-state index is 13.0. The Morgan fingerprint density at radius 1 is 1.12 bits per heavy atom. The molecule has 1 aliphatic rings. The van der Waals surface area contributed by atoms with Crippen molar-refractivity contribution in [2.75, 3.05) is 13.6 Å². The van der Waals surface area contributed by atoms with Gasteiger partial charge in [0.15, 0.2) is 0 Å². The second kappa shape index (κ2) is 6.74. The number of fused-ring (bicyclic) bond motifs is 2. The lowest BCUT2D eigenvalue weighted by molar-refractivity contribution is 0.331. The van der Waals surface area contributed by atoms with Crippen LogP contribution in [0.15, 0.2) is 47.4 Å². The predicted molar refractivity (Wildman–Crippen MR) is 98.5 cm³/mol. The van der Waals surface area contributed by atoms with E-state index in [1.165, 1.54) is 12.1 Å². The number of rotatable bonds is 0. The summed E-state index contributed by atoms with van der Waals surface area (Å²) in [4.78, 5) is 19.7. The summed E-state index contributed by atoms with van der Waals surface area (Å²) < 4.78 is 14.5. The van der Waals surface area contributed by atoms with Crippen molar-refractivity contribution in [2.45, 2.75) is 19.4 Å². The van der Waals surface area contributed by atoms with Crippen LogP contribution in [0.4, 0.5) is 4.39 Å². The molecule has 0 N–H and O–H groups in total. The number of hydrogen-bond donors (Lipinski definition) is 0. The molecule has 26 heavy (non-hydrogen) atoms. The van der Waals surface area contributed by atoms with Gasteiger partial charge in [-0.3, -0.25) is 9.20 Å². The van der Waals surface area contributed by atoms with Crippen molar-refractivity contribution >= 4 is 5.65 Å². The molecule has 0 bridgehead atoms. The van der Waals surface area contributed by atoms with E-state index in [-0.39, 0.29) is 11.4 Å². The second-order valence-electron chi connectivity index (χ2n) is 6.58. The molecule has 0 spiro atoms. The predicted octanol–water partition coefficient (Wildman–Crippen LogP) is 2.61. The molecule has 0 saturated carbocycles. The van der Waals surface area contributed by atoms with E-state index in [0.717, 1.165) is 41.8 Å². The maximum Gasteiger partial charge on any atom is 0.262 e. The molecule has 0 radical (unpaired) electrons. The molecular weight excluding hydrogens is 329 g/mol. The number of aryl methyl sites for hydroxylation is 1. The minimum absolute atomic E-state index is 0.00297. The fourth-order valence-electron chi connectivity index (χ4n) is 3.21. The van der Waals surface area contributed by atoms with Crippen LogP contribution >= 0.6 is 0 Å². The minimum Gasteiger partial charge on any atom is -0.302 e. The third-order valence-electron chi connectivity index (χ3n) is 4.59. The monoisotopic (exact) mass is 347 g/mol. The van der Waals surface area contributed by atoms with Crippen LogP contribution in [0, 0.1) is 17.7 Å². The fraction of sp³-hybridized carbons (Fsp3) is 0.238. The summed E-state index contributed by atoms with van der Waals surface area (Å²) in [6.45, 7) is 1.60. The van der Waals surface area contributed by atoms with Gasteiger partial charge in [0, 0.05) is 23.9 Å². The molecule has 5 heteroatoms. The van der Waals surface area contributed by atoms with E-state index in [2.05, 4.69) is 16.7 Å². The lowest BCUT2D eigenvalue weighted by Crippen LogP contribution is -2.26. The summed E-state index contributed by atoms with van der Waals surface area (Å²) in [5.74, 6) is 5.78. The Morgan fingerprint density at radius 3 is 2.69 bits per heavy atom. The standard InChI is InChI=1S/C21H18FN3O/c1-24-11-2-3-19-18(14-24)21(26)25-12-10-16(13-20(25)23-19)5-4-15-6-8-17(22)9-7-15/h6-10,12-13H,2-3,11,14H2,1H3. The van der Waals surface area contributed by atoms with Crippen molar-refractivity contribution in [1.29, 1.82) is 0 Å². The topological polar surface area (TPSA) is 37.6 Å². The fourth-order valence-corrected chi connectivity index (χ4v) is 3.21. The second-order valence-corrected chi connectivity index (χ2v) is 6.58. The van der Waals surface area contributed by atoms with Crippen LogP contribution in [0.3, 0.4) is 0 Å².